The first kappa shape index (κ1) is 8.19. The number of benzene rings is 1. The molecule has 0 amide bonds. The lowest BCUT2D eigenvalue weighted by Crippen LogP contribution is -1.67. The third kappa shape index (κ3) is 2.67. The number of hydrogen-bond donors (Lipinski definition) is 0. The van der Waals surface area contributed by atoms with E-state index in [4.69, 9.17) is 0 Å². The molecule has 0 aliphatic rings. The van der Waals surface area contributed by atoms with Crippen LogP contribution >= 0.6 is 11.8 Å². The molecule has 0 aromatic heterocycles. The van der Waals surface area contributed by atoms with Crippen LogP contribution in [0.1, 0.15) is 6.92 Å². The van der Waals surface area contributed by atoms with E-state index < -0.39 is 0 Å². The van der Waals surface area contributed by atoms with Gasteiger partial charge in [0.15, 0.2) is 0 Å². The van der Waals surface area contributed by atoms with Gasteiger partial charge in [-0.15, -0.1) is 5.73 Å². The normalized spacial score (nSPS) is 8.82. The molecule has 0 radical (unpaired) electrons. The van der Waals surface area contributed by atoms with E-state index in [1.54, 1.807) is 11.8 Å². The fourth-order valence-electron chi connectivity index (χ4n) is 0.701. The van der Waals surface area contributed by atoms with E-state index >= 15 is 0 Å². The van der Waals surface area contributed by atoms with Gasteiger partial charge in [-0.2, -0.15) is 0 Å². The van der Waals surface area contributed by atoms with E-state index in [9.17, 15) is 0 Å². The Morgan fingerprint density at radius 1 is 1.36 bits per heavy atom. The maximum absolute atomic E-state index is 3.57. The van der Waals surface area contributed by atoms with Crippen LogP contribution in [0.4, 0.5) is 0 Å². The smallest absolute Gasteiger partial charge is 0.0278 e. The Labute approximate surface area is 71.6 Å². The second kappa shape index (κ2) is 4.07. The van der Waals surface area contributed by atoms with Crippen LogP contribution in [0, 0.1) is 0 Å². The van der Waals surface area contributed by atoms with Crippen LogP contribution in [0.3, 0.4) is 0 Å². The second-order valence-corrected chi connectivity index (χ2v) is 3.44. The predicted octanol–water partition coefficient (Wildman–Crippen LogP) is 3.47. The van der Waals surface area contributed by atoms with E-state index in [0.29, 0.717) is 0 Å². The standard InChI is InChI=1S/C10H10S/c1-3-9(2)11-10-7-5-4-6-8-10/h4-8H,1H2,2H3. The zero-order chi connectivity index (χ0) is 8.10. The minimum Gasteiger partial charge on any atom is -0.118 e. The Morgan fingerprint density at radius 2 is 2.00 bits per heavy atom. The van der Waals surface area contributed by atoms with Gasteiger partial charge in [0.1, 0.15) is 0 Å². The zero-order valence-corrected chi connectivity index (χ0v) is 7.32. The average Bonchev–Trinajstić information content (AvgIpc) is 2.06. The second-order valence-electron chi connectivity index (χ2n) is 2.15. The summed E-state index contributed by atoms with van der Waals surface area (Å²) in [5, 5.41) is 0. The summed E-state index contributed by atoms with van der Waals surface area (Å²) in [5.74, 6) is 0. The van der Waals surface area contributed by atoms with Gasteiger partial charge in [-0.05, 0) is 19.1 Å². The Kier molecular flexibility index (Phi) is 3.03. The highest BCUT2D eigenvalue weighted by molar-refractivity contribution is 8.03. The van der Waals surface area contributed by atoms with Gasteiger partial charge in [0.05, 0.1) is 0 Å². The van der Waals surface area contributed by atoms with Gasteiger partial charge in [-0.3, -0.25) is 0 Å². The molecule has 1 aromatic carbocycles. The highest BCUT2D eigenvalue weighted by atomic mass is 32.2. The third-order valence-electron chi connectivity index (χ3n) is 1.26. The molecule has 0 nitrogen and oxygen atoms in total. The minimum atomic E-state index is 1.11. The lowest BCUT2D eigenvalue weighted by molar-refractivity contribution is 1.46. The minimum absolute atomic E-state index is 1.11. The topological polar surface area (TPSA) is 0 Å². The molecule has 11 heavy (non-hydrogen) atoms. The maximum Gasteiger partial charge on any atom is 0.0278 e. The lowest BCUT2D eigenvalue weighted by atomic mass is 10.4. The monoisotopic (exact) mass is 162 g/mol. The van der Waals surface area contributed by atoms with Crippen LogP contribution in [0.25, 0.3) is 0 Å². The van der Waals surface area contributed by atoms with E-state index in [-0.39, 0.29) is 0 Å². The summed E-state index contributed by atoms with van der Waals surface area (Å²) in [6.07, 6.45) is 0. The number of rotatable bonds is 2. The molecular weight excluding hydrogens is 152 g/mol. The molecule has 0 fully saturated rings. The van der Waals surface area contributed by atoms with Crippen LogP contribution in [-0.4, -0.2) is 0 Å². The molecule has 0 bridgehead atoms. The van der Waals surface area contributed by atoms with Crippen molar-refractivity contribution in [3.8, 4) is 0 Å². The highest BCUT2D eigenvalue weighted by Gasteiger charge is 1.91. The first-order valence-corrected chi connectivity index (χ1v) is 4.24. The van der Waals surface area contributed by atoms with Crippen LogP contribution in [0.2, 0.25) is 0 Å². The van der Waals surface area contributed by atoms with Crippen molar-refractivity contribution in [1.82, 2.24) is 0 Å². The van der Waals surface area contributed by atoms with Crippen molar-refractivity contribution in [1.29, 1.82) is 0 Å². The summed E-state index contributed by atoms with van der Waals surface area (Å²) in [4.78, 5) is 2.34. The molecule has 0 heterocycles. The molecule has 0 atom stereocenters. The average molecular weight is 162 g/mol. The van der Waals surface area contributed by atoms with Crippen molar-refractivity contribution < 1.29 is 0 Å². The first-order valence-electron chi connectivity index (χ1n) is 3.42. The fourth-order valence-corrected chi connectivity index (χ4v) is 1.42. The summed E-state index contributed by atoms with van der Waals surface area (Å²) in [6, 6.07) is 10.2. The fraction of sp³-hybridized carbons (Fsp3) is 0.100. The maximum atomic E-state index is 3.57. The summed E-state index contributed by atoms with van der Waals surface area (Å²) in [6.45, 7) is 5.58. The SMILES string of the molecule is C=C=C(C)Sc1ccccc1. The largest absolute Gasteiger partial charge is 0.118 e. The van der Waals surface area contributed by atoms with Crippen molar-refractivity contribution in [3.63, 3.8) is 0 Å². The van der Waals surface area contributed by atoms with Crippen LogP contribution in [0.5, 0.6) is 0 Å². The van der Waals surface area contributed by atoms with Crippen molar-refractivity contribution in [3.05, 3.63) is 47.5 Å². The Hall–Kier alpha value is -0.910. The molecule has 0 aliphatic heterocycles. The predicted molar refractivity (Wildman–Crippen MR) is 50.6 cm³/mol. The van der Waals surface area contributed by atoms with Crippen LogP contribution < -0.4 is 0 Å². The van der Waals surface area contributed by atoms with E-state index in [0.717, 1.165) is 4.91 Å². The molecule has 1 aromatic rings. The summed E-state index contributed by atoms with van der Waals surface area (Å²) >= 11 is 1.69. The highest BCUT2D eigenvalue weighted by Crippen LogP contribution is 2.24. The Morgan fingerprint density at radius 3 is 2.55 bits per heavy atom. The molecule has 0 N–H and O–H groups in total. The van der Waals surface area contributed by atoms with Gasteiger partial charge in [-0.1, -0.05) is 36.5 Å². The van der Waals surface area contributed by atoms with Gasteiger partial charge >= 0.3 is 0 Å². The number of hydrogen-bond acceptors (Lipinski definition) is 1. The Balaban J connectivity index is 2.73. The molecule has 0 unspecified atom stereocenters. The third-order valence-corrected chi connectivity index (χ3v) is 2.22. The van der Waals surface area contributed by atoms with Gasteiger partial charge in [0, 0.05) is 9.80 Å². The molecule has 56 valence electrons. The van der Waals surface area contributed by atoms with Gasteiger partial charge in [-0.25, -0.2) is 0 Å². The molecule has 0 saturated carbocycles. The number of allylic oxidation sites excluding steroid dienone is 1. The summed E-state index contributed by atoms with van der Waals surface area (Å²) in [7, 11) is 0. The van der Waals surface area contributed by atoms with Gasteiger partial charge in [0.25, 0.3) is 0 Å². The molecule has 0 spiro atoms. The van der Waals surface area contributed by atoms with Crippen molar-refractivity contribution in [2.24, 2.45) is 0 Å². The zero-order valence-electron chi connectivity index (χ0n) is 6.50. The Bertz CT molecular complexity index is 268. The molecule has 1 rings (SSSR count). The van der Waals surface area contributed by atoms with E-state index in [1.807, 2.05) is 25.1 Å². The van der Waals surface area contributed by atoms with Crippen LogP contribution in [0.15, 0.2) is 52.4 Å². The lowest BCUT2D eigenvalue weighted by Gasteiger charge is -1.96. The number of thioether (sulfide) groups is 1. The molecular formula is C10H10S. The quantitative estimate of drug-likeness (QED) is 0.474. The van der Waals surface area contributed by atoms with Crippen molar-refractivity contribution in [2.45, 2.75) is 11.8 Å². The van der Waals surface area contributed by atoms with Crippen molar-refractivity contribution >= 4 is 11.8 Å². The molecule has 0 saturated heterocycles. The summed E-state index contributed by atoms with van der Waals surface area (Å²) in [5.41, 5.74) is 2.84. The molecule has 1 heteroatoms. The first-order chi connectivity index (χ1) is 5.33. The summed E-state index contributed by atoms with van der Waals surface area (Å²) < 4.78 is 0. The van der Waals surface area contributed by atoms with E-state index in [1.165, 1.54) is 4.90 Å². The van der Waals surface area contributed by atoms with Gasteiger partial charge < -0.3 is 0 Å². The van der Waals surface area contributed by atoms with E-state index in [2.05, 4.69) is 24.4 Å². The van der Waals surface area contributed by atoms with Crippen LogP contribution in [-0.2, 0) is 0 Å². The molecule has 0 aliphatic carbocycles. The van der Waals surface area contributed by atoms with Crippen molar-refractivity contribution in [2.75, 3.05) is 0 Å². The van der Waals surface area contributed by atoms with Gasteiger partial charge in [0.2, 0.25) is 0 Å².